The lowest BCUT2D eigenvalue weighted by molar-refractivity contribution is 0.0345. The summed E-state index contributed by atoms with van der Waals surface area (Å²) in [4.78, 5) is 6.42. The standard InChI is InChI=1S/C14H23N3O/c1-11(13-4-7-18-8-5-13)17(2)10-12-3-6-16-14(15)9-12/h3,6,9,11,13H,4-5,7-8,10H2,1-2H3,(H2,15,16). The van der Waals surface area contributed by atoms with Crippen molar-refractivity contribution < 1.29 is 4.74 Å². The van der Waals surface area contributed by atoms with Crippen molar-refractivity contribution in [3.8, 4) is 0 Å². The van der Waals surface area contributed by atoms with Crippen molar-refractivity contribution in [2.24, 2.45) is 5.92 Å². The van der Waals surface area contributed by atoms with Gasteiger partial charge in [0.25, 0.3) is 0 Å². The second-order valence-electron chi connectivity index (χ2n) is 5.19. The smallest absolute Gasteiger partial charge is 0.123 e. The fraction of sp³-hybridized carbons (Fsp3) is 0.643. The zero-order valence-electron chi connectivity index (χ0n) is 11.3. The lowest BCUT2D eigenvalue weighted by atomic mass is 9.92. The van der Waals surface area contributed by atoms with Crippen LogP contribution in [0.15, 0.2) is 18.3 Å². The maximum absolute atomic E-state index is 5.71. The van der Waals surface area contributed by atoms with Crippen LogP contribution in [0.1, 0.15) is 25.3 Å². The second kappa shape index (κ2) is 6.16. The average molecular weight is 249 g/mol. The predicted molar refractivity (Wildman–Crippen MR) is 73.1 cm³/mol. The number of aromatic nitrogens is 1. The Morgan fingerprint density at radius 3 is 2.89 bits per heavy atom. The highest BCUT2D eigenvalue weighted by molar-refractivity contribution is 5.31. The largest absolute Gasteiger partial charge is 0.384 e. The lowest BCUT2D eigenvalue weighted by Gasteiger charge is -2.34. The molecule has 1 aromatic heterocycles. The number of ether oxygens (including phenoxy) is 1. The number of nitrogens with two attached hydrogens (primary N) is 1. The van der Waals surface area contributed by atoms with Gasteiger partial charge in [0, 0.05) is 32.0 Å². The normalized spacial score (nSPS) is 19.1. The Kier molecular flexibility index (Phi) is 4.55. The Morgan fingerprint density at radius 2 is 2.22 bits per heavy atom. The van der Waals surface area contributed by atoms with Crippen molar-refractivity contribution in [3.05, 3.63) is 23.9 Å². The molecule has 0 bridgehead atoms. The molecule has 1 aromatic rings. The van der Waals surface area contributed by atoms with Crippen LogP contribution >= 0.6 is 0 Å². The minimum absolute atomic E-state index is 0.572. The van der Waals surface area contributed by atoms with Crippen LogP contribution in [0, 0.1) is 5.92 Å². The van der Waals surface area contributed by atoms with Crippen molar-refractivity contribution >= 4 is 5.82 Å². The van der Waals surface area contributed by atoms with E-state index in [1.807, 2.05) is 12.1 Å². The van der Waals surface area contributed by atoms with Crippen LogP contribution < -0.4 is 5.73 Å². The van der Waals surface area contributed by atoms with Crippen LogP contribution in [-0.2, 0) is 11.3 Å². The van der Waals surface area contributed by atoms with Crippen LogP contribution in [0.3, 0.4) is 0 Å². The van der Waals surface area contributed by atoms with Crippen LogP contribution in [0.4, 0.5) is 5.82 Å². The summed E-state index contributed by atoms with van der Waals surface area (Å²) in [6.07, 6.45) is 4.12. The first-order valence-corrected chi connectivity index (χ1v) is 6.65. The topological polar surface area (TPSA) is 51.4 Å². The minimum Gasteiger partial charge on any atom is -0.384 e. The van der Waals surface area contributed by atoms with Crippen LogP contribution in [0.2, 0.25) is 0 Å². The molecule has 1 unspecified atom stereocenters. The molecule has 1 aliphatic rings. The van der Waals surface area contributed by atoms with Crippen molar-refractivity contribution in [3.63, 3.8) is 0 Å². The molecule has 0 saturated carbocycles. The third-order valence-corrected chi connectivity index (χ3v) is 3.92. The molecule has 1 aliphatic heterocycles. The molecule has 0 aromatic carbocycles. The number of pyridine rings is 1. The summed E-state index contributed by atoms with van der Waals surface area (Å²) in [5, 5.41) is 0. The lowest BCUT2D eigenvalue weighted by Crippen LogP contribution is -2.37. The van der Waals surface area contributed by atoms with E-state index in [4.69, 9.17) is 10.5 Å². The van der Waals surface area contributed by atoms with Gasteiger partial charge in [0.05, 0.1) is 0 Å². The minimum atomic E-state index is 0.572. The fourth-order valence-corrected chi connectivity index (χ4v) is 2.58. The van der Waals surface area contributed by atoms with Gasteiger partial charge >= 0.3 is 0 Å². The van der Waals surface area contributed by atoms with Crippen molar-refractivity contribution in [2.45, 2.75) is 32.4 Å². The molecule has 4 nitrogen and oxygen atoms in total. The number of anilines is 1. The van der Waals surface area contributed by atoms with Gasteiger partial charge in [-0.15, -0.1) is 0 Å². The van der Waals surface area contributed by atoms with Gasteiger partial charge in [0.15, 0.2) is 0 Å². The quantitative estimate of drug-likeness (QED) is 0.885. The molecular weight excluding hydrogens is 226 g/mol. The fourth-order valence-electron chi connectivity index (χ4n) is 2.58. The van der Waals surface area contributed by atoms with E-state index in [1.165, 1.54) is 18.4 Å². The first-order valence-electron chi connectivity index (χ1n) is 6.65. The van der Waals surface area contributed by atoms with Crippen LogP contribution in [-0.4, -0.2) is 36.2 Å². The van der Waals surface area contributed by atoms with E-state index in [2.05, 4.69) is 23.9 Å². The maximum Gasteiger partial charge on any atom is 0.123 e. The Bertz CT molecular complexity index is 377. The Morgan fingerprint density at radius 1 is 1.50 bits per heavy atom. The number of nitrogen functional groups attached to an aromatic ring is 1. The van der Waals surface area contributed by atoms with Gasteiger partial charge in [-0.1, -0.05) is 0 Å². The second-order valence-corrected chi connectivity index (χ2v) is 5.19. The van der Waals surface area contributed by atoms with E-state index in [-0.39, 0.29) is 0 Å². The monoisotopic (exact) mass is 249 g/mol. The summed E-state index contributed by atoms with van der Waals surface area (Å²) in [5.41, 5.74) is 6.93. The highest BCUT2D eigenvalue weighted by Gasteiger charge is 2.23. The third kappa shape index (κ3) is 3.43. The van der Waals surface area contributed by atoms with Gasteiger partial charge in [0.1, 0.15) is 5.82 Å². The van der Waals surface area contributed by atoms with E-state index < -0.39 is 0 Å². The molecule has 1 fully saturated rings. The molecule has 2 rings (SSSR count). The van der Waals surface area contributed by atoms with Gasteiger partial charge in [-0.2, -0.15) is 0 Å². The van der Waals surface area contributed by atoms with Crippen molar-refractivity contribution in [2.75, 3.05) is 26.0 Å². The summed E-state index contributed by atoms with van der Waals surface area (Å²) in [6, 6.07) is 4.56. The molecule has 4 heteroatoms. The van der Waals surface area contributed by atoms with Gasteiger partial charge < -0.3 is 10.5 Å². The molecule has 100 valence electrons. The van der Waals surface area contributed by atoms with Gasteiger partial charge in [-0.3, -0.25) is 4.90 Å². The Balaban J connectivity index is 1.92. The number of hydrogen-bond acceptors (Lipinski definition) is 4. The first kappa shape index (κ1) is 13.3. The van der Waals surface area contributed by atoms with E-state index in [0.29, 0.717) is 11.9 Å². The van der Waals surface area contributed by atoms with Gasteiger partial charge in [-0.05, 0) is 50.4 Å². The van der Waals surface area contributed by atoms with Crippen molar-refractivity contribution in [1.29, 1.82) is 0 Å². The molecule has 2 N–H and O–H groups in total. The number of nitrogens with zero attached hydrogens (tertiary/aromatic N) is 2. The maximum atomic E-state index is 5.71. The predicted octanol–water partition coefficient (Wildman–Crippen LogP) is 1.91. The number of rotatable bonds is 4. The van der Waals surface area contributed by atoms with E-state index >= 15 is 0 Å². The van der Waals surface area contributed by atoms with E-state index in [0.717, 1.165) is 25.7 Å². The van der Waals surface area contributed by atoms with Gasteiger partial charge in [0.2, 0.25) is 0 Å². The van der Waals surface area contributed by atoms with E-state index in [9.17, 15) is 0 Å². The molecule has 1 saturated heterocycles. The highest BCUT2D eigenvalue weighted by Crippen LogP contribution is 2.23. The van der Waals surface area contributed by atoms with Crippen LogP contribution in [0.5, 0.6) is 0 Å². The molecule has 1 atom stereocenters. The molecule has 18 heavy (non-hydrogen) atoms. The van der Waals surface area contributed by atoms with E-state index in [1.54, 1.807) is 6.20 Å². The number of hydrogen-bond donors (Lipinski definition) is 1. The summed E-state index contributed by atoms with van der Waals surface area (Å²) < 4.78 is 5.42. The highest BCUT2D eigenvalue weighted by atomic mass is 16.5. The summed E-state index contributed by atoms with van der Waals surface area (Å²) in [7, 11) is 2.18. The molecular formula is C14H23N3O. The third-order valence-electron chi connectivity index (χ3n) is 3.92. The summed E-state index contributed by atoms with van der Waals surface area (Å²) in [6.45, 7) is 5.04. The summed E-state index contributed by atoms with van der Waals surface area (Å²) in [5.74, 6) is 1.34. The molecule has 0 amide bonds. The Hall–Kier alpha value is -1.13. The molecule has 0 aliphatic carbocycles. The zero-order valence-corrected chi connectivity index (χ0v) is 11.3. The molecule has 2 heterocycles. The van der Waals surface area contributed by atoms with Crippen molar-refractivity contribution in [1.82, 2.24) is 9.88 Å². The Labute approximate surface area is 109 Å². The SMILES string of the molecule is CC(C1CCOCC1)N(C)Cc1ccnc(N)c1. The molecule has 0 spiro atoms. The zero-order chi connectivity index (χ0) is 13.0. The van der Waals surface area contributed by atoms with Gasteiger partial charge in [-0.25, -0.2) is 4.98 Å². The first-order chi connectivity index (χ1) is 8.66. The van der Waals surface area contributed by atoms with Crippen LogP contribution in [0.25, 0.3) is 0 Å². The average Bonchev–Trinajstić information content (AvgIpc) is 2.39. The molecule has 0 radical (unpaired) electrons. The summed E-state index contributed by atoms with van der Waals surface area (Å²) >= 11 is 0.